The monoisotopic (exact) mass is 503 g/mol. The number of halogens is 2. The topological polar surface area (TPSA) is 63.7 Å². The minimum absolute atomic E-state index is 0.00895. The Labute approximate surface area is 211 Å². The summed E-state index contributed by atoms with van der Waals surface area (Å²) >= 11 is 6.70. The highest BCUT2D eigenvalue weighted by Gasteiger charge is 2.46. The fourth-order valence-corrected chi connectivity index (χ4v) is 6.20. The van der Waals surface area contributed by atoms with E-state index in [1.165, 1.54) is 0 Å². The Hall–Kier alpha value is -1.80. The summed E-state index contributed by atoms with van der Waals surface area (Å²) in [5.74, 6) is 0.768. The van der Waals surface area contributed by atoms with E-state index in [2.05, 4.69) is 21.3 Å². The molecule has 3 atom stereocenters. The third-order valence-electron chi connectivity index (χ3n) is 8.15. The zero-order valence-corrected chi connectivity index (χ0v) is 21.5. The Balaban J connectivity index is 1.29. The van der Waals surface area contributed by atoms with Crippen LogP contribution < -0.4 is 5.32 Å². The van der Waals surface area contributed by atoms with Gasteiger partial charge < -0.3 is 14.8 Å². The molecular formula is C27H35ClFN3O3. The van der Waals surface area contributed by atoms with Gasteiger partial charge in [0.15, 0.2) is 0 Å². The molecule has 1 amide bonds. The number of fused-ring (bicyclic) bond motifs is 1. The van der Waals surface area contributed by atoms with Crippen LogP contribution in [0.5, 0.6) is 0 Å². The first-order valence-electron chi connectivity index (χ1n) is 12.7. The zero-order chi connectivity index (χ0) is 24.8. The summed E-state index contributed by atoms with van der Waals surface area (Å²) < 4.78 is 25.6. The largest absolute Gasteiger partial charge is 0.376 e. The van der Waals surface area contributed by atoms with Gasteiger partial charge in [-0.25, -0.2) is 9.37 Å². The number of hydrogen-bond acceptors (Lipinski definition) is 5. The SMILES string of the molecule is CC1(C)C[C@H](C(=O)Nc2cc3cc(C4CCN([C@]5(C)COC[C@@H]5F)CC4)c(Cl)cc3cn2)CCO1. The van der Waals surface area contributed by atoms with Gasteiger partial charge in [-0.1, -0.05) is 11.6 Å². The lowest BCUT2D eigenvalue weighted by Crippen LogP contribution is -2.55. The fraction of sp³-hybridized carbons (Fsp3) is 0.630. The van der Waals surface area contributed by atoms with Gasteiger partial charge in [0.2, 0.25) is 5.91 Å². The van der Waals surface area contributed by atoms with E-state index in [1.54, 1.807) is 6.20 Å². The Morgan fingerprint density at radius 1 is 1.17 bits per heavy atom. The predicted molar refractivity (Wildman–Crippen MR) is 136 cm³/mol. The number of likely N-dealkylation sites (tertiary alicyclic amines) is 1. The highest BCUT2D eigenvalue weighted by atomic mass is 35.5. The highest BCUT2D eigenvalue weighted by Crippen LogP contribution is 2.39. The van der Waals surface area contributed by atoms with E-state index in [1.807, 2.05) is 32.9 Å². The fourth-order valence-electron chi connectivity index (χ4n) is 5.88. The molecule has 1 aromatic heterocycles. The lowest BCUT2D eigenvalue weighted by Gasteiger charge is -2.43. The van der Waals surface area contributed by atoms with Gasteiger partial charge in [0, 0.05) is 29.1 Å². The van der Waals surface area contributed by atoms with Crippen LogP contribution in [-0.2, 0) is 14.3 Å². The quantitative estimate of drug-likeness (QED) is 0.610. The Morgan fingerprint density at radius 2 is 1.94 bits per heavy atom. The smallest absolute Gasteiger partial charge is 0.228 e. The molecule has 0 spiro atoms. The molecule has 190 valence electrons. The van der Waals surface area contributed by atoms with Gasteiger partial charge in [-0.05, 0) is 94.6 Å². The number of nitrogens with one attached hydrogen (secondary N) is 1. The van der Waals surface area contributed by atoms with Crippen LogP contribution in [0.25, 0.3) is 10.8 Å². The Bertz CT molecular complexity index is 1100. The van der Waals surface area contributed by atoms with Crippen molar-refractivity contribution in [1.29, 1.82) is 0 Å². The first kappa shape index (κ1) is 24.9. The van der Waals surface area contributed by atoms with Crippen LogP contribution in [0, 0.1) is 5.92 Å². The maximum absolute atomic E-state index is 14.5. The maximum atomic E-state index is 14.5. The van der Waals surface area contributed by atoms with Gasteiger partial charge in [0.25, 0.3) is 0 Å². The number of rotatable bonds is 4. The molecule has 0 bridgehead atoms. The number of aromatic nitrogens is 1. The van der Waals surface area contributed by atoms with Crippen molar-refractivity contribution in [2.24, 2.45) is 5.92 Å². The summed E-state index contributed by atoms with van der Waals surface area (Å²) in [6, 6.07) is 6.02. The number of carbonyl (C=O) groups is 1. The average Bonchev–Trinajstić information content (AvgIpc) is 3.17. The summed E-state index contributed by atoms with van der Waals surface area (Å²) in [6.45, 7) is 8.88. The average molecular weight is 504 g/mol. The molecule has 0 aliphatic carbocycles. The number of benzene rings is 1. The van der Waals surface area contributed by atoms with Crippen molar-refractivity contribution in [3.63, 3.8) is 0 Å². The molecule has 2 aromatic rings. The van der Waals surface area contributed by atoms with Crippen molar-refractivity contribution >= 4 is 34.1 Å². The lowest BCUT2D eigenvalue weighted by molar-refractivity contribution is -0.130. The van der Waals surface area contributed by atoms with Crippen molar-refractivity contribution < 1.29 is 18.7 Å². The molecule has 0 unspecified atom stereocenters. The molecule has 3 fully saturated rings. The number of anilines is 1. The van der Waals surface area contributed by atoms with Gasteiger partial charge in [-0.3, -0.25) is 9.69 Å². The van der Waals surface area contributed by atoms with E-state index < -0.39 is 11.7 Å². The van der Waals surface area contributed by atoms with Crippen LogP contribution in [0.4, 0.5) is 10.2 Å². The minimum atomic E-state index is -0.948. The van der Waals surface area contributed by atoms with Crippen LogP contribution in [0.15, 0.2) is 24.4 Å². The third-order valence-corrected chi connectivity index (χ3v) is 8.47. The van der Waals surface area contributed by atoms with E-state index in [0.29, 0.717) is 31.4 Å². The number of carbonyl (C=O) groups excluding carboxylic acids is 1. The molecule has 6 nitrogen and oxygen atoms in total. The second-order valence-electron chi connectivity index (χ2n) is 11.2. The molecule has 8 heteroatoms. The molecule has 4 heterocycles. The molecule has 1 aromatic carbocycles. The molecule has 0 radical (unpaired) electrons. The summed E-state index contributed by atoms with van der Waals surface area (Å²) in [4.78, 5) is 19.6. The standard InChI is InChI=1S/C27H35ClFN3O3/c1-26(2)13-18(6-9-35-26)25(33)31-24-12-19-10-21(22(28)11-20(19)14-30-24)17-4-7-32(8-5-17)27(3)16-34-15-23(27)29/h10-12,14,17-18,23H,4-9,13,15-16H2,1-3H3,(H,30,31,33)/t18-,23+,27-/m1/s1. The number of ether oxygens (including phenoxy) is 2. The molecule has 3 aliphatic rings. The number of alkyl halides is 1. The second-order valence-corrected chi connectivity index (χ2v) is 11.6. The van der Waals surface area contributed by atoms with E-state index in [-0.39, 0.29) is 24.0 Å². The summed E-state index contributed by atoms with van der Waals surface area (Å²) in [6.07, 6.45) is 4.06. The Morgan fingerprint density at radius 3 is 2.63 bits per heavy atom. The summed E-state index contributed by atoms with van der Waals surface area (Å²) in [7, 11) is 0. The second kappa shape index (κ2) is 9.58. The van der Waals surface area contributed by atoms with E-state index in [0.717, 1.165) is 53.7 Å². The highest BCUT2D eigenvalue weighted by molar-refractivity contribution is 6.32. The van der Waals surface area contributed by atoms with Crippen LogP contribution in [-0.4, -0.2) is 66.0 Å². The third kappa shape index (κ3) is 5.06. The zero-order valence-electron chi connectivity index (χ0n) is 20.8. The molecular weight excluding hydrogens is 469 g/mol. The van der Waals surface area contributed by atoms with Crippen LogP contribution >= 0.6 is 11.6 Å². The van der Waals surface area contributed by atoms with Gasteiger partial charge in [-0.2, -0.15) is 0 Å². The van der Waals surface area contributed by atoms with Crippen molar-refractivity contribution in [2.45, 2.75) is 69.7 Å². The van der Waals surface area contributed by atoms with E-state index >= 15 is 0 Å². The van der Waals surface area contributed by atoms with Crippen LogP contribution in [0.1, 0.15) is 57.9 Å². The van der Waals surface area contributed by atoms with E-state index in [4.69, 9.17) is 21.1 Å². The minimum Gasteiger partial charge on any atom is -0.376 e. The van der Waals surface area contributed by atoms with Gasteiger partial charge in [0.05, 0.1) is 24.4 Å². The van der Waals surface area contributed by atoms with Crippen LogP contribution in [0.2, 0.25) is 5.02 Å². The molecule has 3 aliphatic heterocycles. The number of nitrogens with zero attached hydrogens (tertiary/aromatic N) is 2. The predicted octanol–water partition coefficient (Wildman–Crippen LogP) is 5.34. The number of amides is 1. The van der Waals surface area contributed by atoms with Crippen molar-refractivity contribution in [3.05, 3.63) is 35.0 Å². The van der Waals surface area contributed by atoms with E-state index in [9.17, 15) is 9.18 Å². The first-order valence-corrected chi connectivity index (χ1v) is 13.0. The lowest BCUT2D eigenvalue weighted by atomic mass is 9.85. The van der Waals surface area contributed by atoms with Crippen molar-refractivity contribution in [1.82, 2.24) is 9.88 Å². The summed E-state index contributed by atoms with van der Waals surface area (Å²) in [5.41, 5.74) is 0.292. The van der Waals surface area contributed by atoms with Crippen LogP contribution in [0.3, 0.4) is 0 Å². The normalized spacial score (nSPS) is 30.0. The first-order chi connectivity index (χ1) is 16.6. The van der Waals surface area contributed by atoms with Gasteiger partial charge in [-0.15, -0.1) is 0 Å². The van der Waals surface area contributed by atoms with Crippen molar-refractivity contribution in [2.75, 3.05) is 38.2 Å². The van der Waals surface area contributed by atoms with Crippen molar-refractivity contribution in [3.8, 4) is 0 Å². The maximum Gasteiger partial charge on any atom is 0.228 e. The molecule has 1 N–H and O–H groups in total. The Kier molecular flexibility index (Phi) is 6.81. The van der Waals surface area contributed by atoms with Gasteiger partial charge >= 0.3 is 0 Å². The molecule has 3 saturated heterocycles. The van der Waals surface area contributed by atoms with Gasteiger partial charge in [0.1, 0.15) is 12.0 Å². The molecule has 5 rings (SSSR count). The number of hydrogen-bond donors (Lipinski definition) is 1. The number of piperidine rings is 1. The summed E-state index contributed by atoms with van der Waals surface area (Å²) in [5, 5.41) is 5.69. The molecule has 0 saturated carbocycles. The number of pyridine rings is 1. The molecule has 35 heavy (non-hydrogen) atoms.